The zero-order chi connectivity index (χ0) is 19.0. The van der Waals surface area contributed by atoms with Gasteiger partial charge in [-0.25, -0.2) is 4.68 Å². The second-order valence-electron chi connectivity index (χ2n) is 6.49. The topological polar surface area (TPSA) is 60.2 Å². The highest BCUT2D eigenvalue weighted by atomic mass is 35.5. The van der Waals surface area contributed by atoms with Crippen molar-refractivity contribution in [2.24, 2.45) is 0 Å². The molecule has 1 aliphatic heterocycles. The van der Waals surface area contributed by atoms with Crippen LogP contribution in [0.1, 0.15) is 36.6 Å². The van der Waals surface area contributed by atoms with Gasteiger partial charge < -0.3 is 4.74 Å². The lowest BCUT2D eigenvalue weighted by Crippen LogP contribution is -2.41. The fourth-order valence-electron chi connectivity index (χ4n) is 3.63. The van der Waals surface area contributed by atoms with Crippen LogP contribution in [0.25, 0.3) is 0 Å². The highest BCUT2D eigenvalue weighted by Gasteiger charge is 2.38. The zero-order valence-electron chi connectivity index (χ0n) is 15.0. The summed E-state index contributed by atoms with van der Waals surface area (Å²) < 4.78 is 7.08. The lowest BCUT2D eigenvalue weighted by Gasteiger charge is -2.38. The molecule has 0 aliphatic carbocycles. The minimum absolute atomic E-state index is 0.0373. The van der Waals surface area contributed by atoms with Crippen molar-refractivity contribution in [3.63, 3.8) is 0 Å². The number of nitrogens with zero attached hydrogens (tertiary/aromatic N) is 4. The van der Waals surface area contributed by atoms with Crippen LogP contribution in [-0.4, -0.2) is 27.8 Å². The van der Waals surface area contributed by atoms with Gasteiger partial charge in [0.25, 0.3) is 0 Å². The van der Waals surface area contributed by atoms with Crippen LogP contribution in [0.4, 0.5) is 5.95 Å². The lowest BCUT2D eigenvalue weighted by atomic mass is 9.92. The molecule has 0 radical (unpaired) electrons. The largest absolute Gasteiger partial charge is 0.497 e. The van der Waals surface area contributed by atoms with Crippen LogP contribution in [0.2, 0.25) is 5.02 Å². The number of hydrogen-bond acceptors (Lipinski definition) is 4. The van der Waals surface area contributed by atoms with E-state index < -0.39 is 0 Å². The minimum atomic E-state index is -0.149. The molecule has 27 heavy (non-hydrogen) atoms. The van der Waals surface area contributed by atoms with E-state index >= 15 is 0 Å². The lowest BCUT2D eigenvalue weighted by molar-refractivity contribution is -0.117. The molecule has 2 aromatic carbocycles. The van der Waals surface area contributed by atoms with Crippen LogP contribution in [-0.2, 0) is 4.79 Å². The number of hydrogen-bond donors (Lipinski definition) is 0. The number of methoxy groups -OCH3 is 1. The van der Waals surface area contributed by atoms with E-state index in [0.717, 1.165) is 16.9 Å². The molecule has 0 bridgehead atoms. The summed E-state index contributed by atoms with van der Waals surface area (Å²) in [4.78, 5) is 18.5. The second-order valence-corrected chi connectivity index (χ2v) is 6.92. The van der Waals surface area contributed by atoms with Crippen molar-refractivity contribution in [3.05, 3.63) is 71.0 Å². The number of fused-ring (bicyclic) bond motifs is 1. The number of aromatic nitrogens is 3. The Bertz CT molecular complexity index is 953. The summed E-state index contributed by atoms with van der Waals surface area (Å²) in [7, 11) is 1.65. The molecule has 0 spiro atoms. The van der Waals surface area contributed by atoms with Gasteiger partial charge in [-0.05, 0) is 41.8 Å². The van der Waals surface area contributed by atoms with E-state index in [4.69, 9.17) is 16.3 Å². The third-order valence-corrected chi connectivity index (χ3v) is 5.17. The van der Waals surface area contributed by atoms with Crippen molar-refractivity contribution in [3.8, 4) is 5.75 Å². The van der Waals surface area contributed by atoms with Crippen molar-refractivity contribution in [1.29, 1.82) is 0 Å². The average Bonchev–Trinajstić information content (AvgIpc) is 3.16. The van der Waals surface area contributed by atoms with Crippen LogP contribution in [0.5, 0.6) is 5.75 Å². The Hall–Kier alpha value is -2.86. The number of anilines is 1. The Labute approximate surface area is 162 Å². The first-order valence-corrected chi connectivity index (χ1v) is 9.05. The maximum Gasteiger partial charge on any atom is 0.231 e. The highest BCUT2D eigenvalue weighted by Crippen LogP contribution is 2.42. The highest BCUT2D eigenvalue weighted by molar-refractivity contribution is 6.30. The summed E-state index contributed by atoms with van der Waals surface area (Å²) in [6.07, 6.45) is 2.18. The number of benzene rings is 2. The van der Waals surface area contributed by atoms with E-state index in [1.165, 1.54) is 6.33 Å². The molecule has 0 saturated carbocycles. The fraction of sp³-hybridized carbons (Fsp3) is 0.250. The predicted molar refractivity (Wildman–Crippen MR) is 103 cm³/mol. The molecule has 7 heteroatoms. The molecule has 2 heterocycles. The third-order valence-electron chi connectivity index (χ3n) is 4.92. The van der Waals surface area contributed by atoms with Gasteiger partial charge in [-0.3, -0.25) is 9.69 Å². The van der Waals surface area contributed by atoms with Crippen LogP contribution in [0.3, 0.4) is 0 Å². The molecule has 1 aromatic heterocycles. The van der Waals surface area contributed by atoms with Gasteiger partial charge in [-0.2, -0.15) is 10.1 Å². The Morgan fingerprint density at radius 3 is 2.33 bits per heavy atom. The van der Waals surface area contributed by atoms with Crippen LogP contribution in [0.15, 0.2) is 54.9 Å². The number of halogens is 1. The molecule has 138 valence electrons. The number of amides is 1. The van der Waals surface area contributed by atoms with Crippen LogP contribution in [0, 0.1) is 0 Å². The van der Waals surface area contributed by atoms with Gasteiger partial charge in [0.1, 0.15) is 12.1 Å². The summed E-state index contributed by atoms with van der Waals surface area (Å²) in [5.74, 6) is 1.28. The normalized spacial score (nSPS) is 18.9. The molecular weight excluding hydrogens is 364 g/mol. The van der Waals surface area contributed by atoms with E-state index in [1.807, 2.05) is 53.2 Å². The predicted octanol–water partition coefficient (Wildman–Crippen LogP) is 4.03. The van der Waals surface area contributed by atoms with Crippen LogP contribution < -0.4 is 9.64 Å². The third kappa shape index (κ3) is 3.17. The molecular formula is C20H19ClN4O2. The monoisotopic (exact) mass is 382 g/mol. The number of rotatable bonds is 3. The standard InChI is InChI=1S/C20H19ClN4O2/c1-13(26)24-18(14-3-7-16(21)8-4-14)11-19(25-20(24)22-12-23-25)15-5-9-17(27-2)10-6-15/h3-10,12,18-19H,11H2,1-2H3/t18-,19+/m0/s1. The minimum Gasteiger partial charge on any atom is -0.497 e. The summed E-state index contributed by atoms with van der Waals surface area (Å²) in [6.45, 7) is 1.55. The van der Waals surface area contributed by atoms with Crippen molar-refractivity contribution in [2.75, 3.05) is 12.0 Å². The summed E-state index contributed by atoms with van der Waals surface area (Å²) >= 11 is 6.05. The van der Waals surface area contributed by atoms with Crippen molar-refractivity contribution < 1.29 is 9.53 Å². The molecule has 0 unspecified atom stereocenters. The van der Waals surface area contributed by atoms with Crippen molar-refractivity contribution >= 4 is 23.5 Å². The Morgan fingerprint density at radius 2 is 1.70 bits per heavy atom. The Morgan fingerprint density at radius 1 is 1.07 bits per heavy atom. The van der Waals surface area contributed by atoms with Gasteiger partial charge >= 0.3 is 0 Å². The molecule has 2 atom stereocenters. The SMILES string of the molecule is COc1ccc([C@H]2C[C@@H](c3ccc(Cl)cc3)N(C(C)=O)c3ncnn32)cc1. The van der Waals surface area contributed by atoms with Gasteiger partial charge in [-0.1, -0.05) is 35.9 Å². The van der Waals surface area contributed by atoms with Gasteiger partial charge in [0, 0.05) is 11.9 Å². The van der Waals surface area contributed by atoms with E-state index in [9.17, 15) is 4.79 Å². The average molecular weight is 383 g/mol. The first-order chi connectivity index (χ1) is 13.1. The fourth-order valence-corrected chi connectivity index (χ4v) is 3.75. The molecule has 4 rings (SSSR count). The number of carbonyl (C=O) groups is 1. The number of carbonyl (C=O) groups excluding carboxylic acids is 1. The van der Waals surface area contributed by atoms with Gasteiger partial charge in [0.2, 0.25) is 11.9 Å². The zero-order valence-corrected chi connectivity index (χ0v) is 15.8. The van der Waals surface area contributed by atoms with E-state index in [0.29, 0.717) is 17.4 Å². The first kappa shape index (κ1) is 17.5. The van der Waals surface area contributed by atoms with Crippen molar-refractivity contribution in [2.45, 2.75) is 25.4 Å². The smallest absolute Gasteiger partial charge is 0.231 e. The molecule has 0 N–H and O–H groups in total. The summed E-state index contributed by atoms with van der Waals surface area (Å²) in [5, 5.41) is 5.06. The van der Waals surface area contributed by atoms with Crippen molar-refractivity contribution in [1.82, 2.24) is 14.8 Å². The maximum absolute atomic E-state index is 12.4. The molecule has 0 saturated heterocycles. The maximum atomic E-state index is 12.4. The quantitative estimate of drug-likeness (QED) is 0.686. The summed E-state index contributed by atoms with van der Waals surface area (Å²) in [6, 6.07) is 15.3. The van der Waals surface area contributed by atoms with E-state index in [-0.39, 0.29) is 18.0 Å². The molecule has 0 fully saturated rings. The Balaban J connectivity index is 1.80. The van der Waals surface area contributed by atoms with Gasteiger partial charge in [0.05, 0.1) is 19.2 Å². The van der Waals surface area contributed by atoms with E-state index in [2.05, 4.69) is 10.1 Å². The number of ether oxygens (including phenoxy) is 1. The molecule has 6 nitrogen and oxygen atoms in total. The Kier molecular flexibility index (Phi) is 4.58. The summed E-state index contributed by atoms with van der Waals surface area (Å²) in [5.41, 5.74) is 2.10. The molecule has 1 amide bonds. The first-order valence-electron chi connectivity index (χ1n) is 8.67. The van der Waals surface area contributed by atoms with Crippen LogP contribution >= 0.6 is 11.6 Å². The molecule has 3 aromatic rings. The second kappa shape index (κ2) is 7.04. The molecule has 1 aliphatic rings. The van der Waals surface area contributed by atoms with E-state index in [1.54, 1.807) is 18.9 Å². The van der Waals surface area contributed by atoms with Gasteiger partial charge in [-0.15, -0.1) is 0 Å². The van der Waals surface area contributed by atoms with Gasteiger partial charge in [0.15, 0.2) is 0 Å².